The maximum absolute atomic E-state index is 13.2. The number of nitrogens with zero attached hydrogens (tertiary/aromatic N) is 3. The van der Waals surface area contributed by atoms with Crippen molar-refractivity contribution in [2.24, 2.45) is 0 Å². The number of benzene rings is 2. The van der Waals surface area contributed by atoms with Crippen molar-refractivity contribution in [1.82, 2.24) is 0 Å². The molecule has 5 nitrogen and oxygen atoms in total. The Labute approximate surface area is 256 Å². The van der Waals surface area contributed by atoms with Crippen molar-refractivity contribution in [3.8, 4) is 0 Å². The van der Waals surface area contributed by atoms with Crippen LogP contribution in [0.25, 0.3) is 5.57 Å². The Balaban J connectivity index is 1.33. The summed E-state index contributed by atoms with van der Waals surface area (Å²) >= 11 is 1.95. The average Bonchev–Trinajstić information content (AvgIpc) is 3.02. The Kier molecular flexibility index (Phi) is 11.7. The molecule has 0 aromatic heterocycles. The van der Waals surface area contributed by atoms with Gasteiger partial charge in [-0.2, -0.15) is 11.8 Å². The molecule has 2 aromatic carbocycles. The first-order chi connectivity index (χ1) is 20.4. The second-order valence-electron chi connectivity index (χ2n) is 11.0. The summed E-state index contributed by atoms with van der Waals surface area (Å²) in [5.74, 6) is 2.12. The molecule has 4 rings (SSSR count). The van der Waals surface area contributed by atoms with Crippen LogP contribution < -0.4 is 9.80 Å². The van der Waals surface area contributed by atoms with Crippen LogP contribution in [0.15, 0.2) is 95.8 Å². The molecule has 2 aliphatic rings. The van der Waals surface area contributed by atoms with Crippen LogP contribution in [0.2, 0.25) is 0 Å². The Hall–Kier alpha value is -3.51. The number of allylic oxidation sites excluding steroid dienone is 7. The monoisotopic (exact) mass is 584 g/mol. The minimum absolute atomic E-state index is 0.0907. The highest BCUT2D eigenvalue weighted by Crippen LogP contribution is 2.39. The molecule has 0 heterocycles. The molecule has 2 aromatic rings. The van der Waals surface area contributed by atoms with Crippen LogP contribution in [0, 0.1) is 0 Å². The standard InChI is InChI=1S/C36H45N3O2S/c1-5-7-22-39(23-8-6-2)32-20-16-29(17-21-32)34-35(40)33(36(34)41)28-14-18-31(19-15-28)38(4)25-27-42-26-24-37(3)30-12-10-9-11-13-30/h9-21H,5-8,22-27H2,1-4H3/p+1. The van der Waals surface area contributed by atoms with E-state index >= 15 is 0 Å². The quantitative estimate of drug-likeness (QED) is 0.135. The number of ketones is 1. The molecule has 1 N–H and O–H groups in total. The van der Waals surface area contributed by atoms with Crippen molar-refractivity contribution < 1.29 is 14.5 Å². The lowest BCUT2D eigenvalue weighted by Gasteiger charge is -2.26. The molecule has 0 radical (unpaired) electrons. The van der Waals surface area contributed by atoms with Gasteiger partial charge < -0.3 is 14.9 Å². The molecule has 0 aliphatic heterocycles. The SMILES string of the molecule is CCCCN(CCCC)c1ccc(C2=C(O)C(=C3C=CC(=[N+](C)CCSCCN(C)c4ccccc4)C=C3)C2=O)cc1. The summed E-state index contributed by atoms with van der Waals surface area (Å²) in [5.41, 5.74) is 5.89. The molecule has 2 aliphatic carbocycles. The minimum atomic E-state index is -0.0907. The number of aliphatic hydroxyl groups excluding tert-OH is 1. The third-order valence-corrected chi connectivity index (χ3v) is 8.89. The second kappa shape index (κ2) is 15.6. The van der Waals surface area contributed by atoms with Gasteiger partial charge in [0.15, 0.2) is 12.3 Å². The Morgan fingerprint density at radius 2 is 1.43 bits per heavy atom. The summed E-state index contributed by atoms with van der Waals surface area (Å²) in [4.78, 5) is 17.9. The molecule has 0 spiro atoms. The fourth-order valence-electron chi connectivity index (χ4n) is 5.17. The summed E-state index contributed by atoms with van der Waals surface area (Å²) < 4.78 is 2.23. The summed E-state index contributed by atoms with van der Waals surface area (Å²) in [7, 11) is 4.23. The van der Waals surface area contributed by atoms with E-state index in [0.29, 0.717) is 11.1 Å². The zero-order chi connectivity index (χ0) is 29.9. The number of para-hydroxylation sites is 1. The molecular weight excluding hydrogens is 538 g/mol. The maximum atomic E-state index is 13.2. The van der Waals surface area contributed by atoms with Gasteiger partial charge in [-0.1, -0.05) is 57.0 Å². The van der Waals surface area contributed by atoms with E-state index in [1.54, 1.807) is 0 Å². The number of thioether (sulfide) groups is 1. The van der Waals surface area contributed by atoms with Gasteiger partial charge in [-0.25, -0.2) is 4.58 Å². The molecule has 0 bridgehead atoms. The Bertz CT molecular complexity index is 1340. The summed E-state index contributed by atoms with van der Waals surface area (Å²) in [6.45, 7) is 8.46. The number of unbranched alkanes of at least 4 members (excludes halogenated alkanes) is 2. The molecule has 0 amide bonds. The van der Waals surface area contributed by atoms with Crippen LogP contribution in [-0.4, -0.2) is 73.0 Å². The number of Topliss-reactive ketones (excluding diaryl/α,β-unsaturated/α-hetero) is 1. The summed E-state index contributed by atoms with van der Waals surface area (Å²) in [5, 5.41) is 10.9. The summed E-state index contributed by atoms with van der Waals surface area (Å²) in [6.07, 6.45) is 12.6. The van der Waals surface area contributed by atoms with Crippen molar-refractivity contribution in [3.05, 3.63) is 101 Å². The topological polar surface area (TPSA) is 46.8 Å². The van der Waals surface area contributed by atoms with Crippen LogP contribution in [0.4, 0.5) is 11.4 Å². The first kappa shape index (κ1) is 31.4. The van der Waals surface area contributed by atoms with Crippen molar-refractivity contribution >= 4 is 40.2 Å². The number of carbonyl (C=O) groups excluding carboxylic acids is 1. The largest absolute Gasteiger partial charge is 0.506 e. The Morgan fingerprint density at radius 1 is 0.786 bits per heavy atom. The van der Waals surface area contributed by atoms with Crippen molar-refractivity contribution in [3.63, 3.8) is 0 Å². The number of anilines is 2. The smallest absolute Gasteiger partial charge is 0.201 e. The van der Waals surface area contributed by atoms with Gasteiger partial charge in [0.2, 0.25) is 5.78 Å². The van der Waals surface area contributed by atoms with E-state index in [9.17, 15) is 9.90 Å². The molecule has 222 valence electrons. The van der Waals surface area contributed by atoms with Gasteiger partial charge in [0, 0.05) is 56.0 Å². The van der Waals surface area contributed by atoms with Crippen molar-refractivity contribution in [2.45, 2.75) is 39.5 Å². The normalized spacial score (nSPS) is 14.5. The summed E-state index contributed by atoms with van der Waals surface area (Å²) in [6, 6.07) is 18.6. The van der Waals surface area contributed by atoms with Gasteiger partial charge in [0.05, 0.1) is 16.9 Å². The lowest BCUT2D eigenvalue weighted by Crippen LogP contribution is -2.26. The van der Waals surface area contributed by atoms with E-state index in [0.717, 1.165) is 67.4 Å². The molecule has 6 heteroatoms. The Morgan fingerprint density at radius 3 is 2.02 bits per heavy atom. The molecular formula is C36H46N3O2S+. The molecule has 0 saturated heterocycles. The number of hydrogen-bond donors (Lipinski definition) is 1. The van der Waals surface area contributed by atoms with Gasteiger partial charge in [-0.3, -0.25) is 4.79 Å². The number of rotatable bonds is 15. The van der Waals surface area contributed by atoms with E-state index in [4.69, 9.17) is 0 Å². The van der Waals surface area contributed by atoms with Gasteiger partial charge in [-0.05, 0) is 60.4 Å². The van der Waals surface area contributed by atoms with Gasteiger partial charge in [-0.15, -0.1) is 0 Å². The van der Waals surface area contributed by atoms with E-state index in [1.807, 2.05) is 54.3 Å². The van der Waals surface area contributed by atoms with E-state index in [2.05, 4.69) is 78.7 Å². The molecule has 0 unspecified atom stereocenters. The number of hydrogen-bond acceptors (Lipinski definition) is 5. The number of carbonyl (C=O) groups is 1. The van der Waals surface area contributed by atoms with Gasteiger partial charge >= 0.3 is 0 Å². The van der Waals surface area contributed by atoms with Gasteiger partial charge in [0.1, 0.15) is 12.8 Å². The first-order valence-electron chi connectivity index (χ1n) is 15.3. The van der Waals surface area contributed by atoms with Crippen LogP contribution >= 0.6 is 11.8 Å². The van der Waals surface area contributed by atoms with E-state index < -0.39 is 0 Å². The highest BCUT2D eigenvalue weighted by atomic mass is 32.2. The lowest BCUT2D eigenvalue weighted by atomic mass is 9.80. The minimum Gasteiger partial charge on any atom is -0.506 e. The molecule has 0 atom stereocenters. The third-order valence-electron chi connectivity index (χ3n) is 7.95. The second-order valence-corrected chi connectivity index (χ2v) is 12.2. The zero-order valence-corrected chi connectivity index (χ0v) is 26.5. The van der Waals surface area contributed by atoms with Gasteiger partial charge in [0.25, 0.3) is 0 Å². The average molecular weight is 585 g/mol. The third kappa shape index (κ3) is 7.86. The highest BCUT2D eigenvalue weighted by molar-refractivity contribution is 7.99. The predicted molar refractivity (Wildman–Crippen MR) is 181 cm³/mol. The predicted octanol–water partition coefficient (Wildman–Crippen LogP) is 7.32. The fourth-order valence-corrected chi connectivity index (χ4v) is 6.18. The maximum Gasteiger partial charge on any atom is 0.201 e. The highest BCUT2D eigenvalue weighted by Gasteiger charge is 2.36. The van der Waals surface area contributed by atoms with Crippen molar-refractivity contribution in [2.75, 3.05) is 61.6 Å². The zero-order valence-electron chi connectivity index (χ0n) is 25.7. The lowest BCUT2D eigenvalue weighted by molar-refractivity contribution is -0.490. The van der Waals surface area contributed by atoms with Crippen LogP contribution in [0.5, 0.6) is 0 Å². The van der Waals surface area contributed by atoms with Crippen LogP contribution in [-0.2, 0) is 4.79 Å². The van der Waals surface area contributed by atoms with E-state index in [-0.39, 0.29) is 11.5 Å². The van der Waals surface area contributed by atoms with Crippen LogP contribution in [0.1, 0.15) is 45.1 Å². The number of aliphatic hydroxyl groups is 1. The van der Waals surface area contributed by atoms with Crippen LogP contribution in [0.3, 0.4) is 0 Å². The molecule has 0 saturated carbocycles. The molecule has 42 heavy (non-hydrogen) atoms. The fraction of sp³-hybridized carbons (Fsp3) is 0.389. The first-order valence-corrected chi connectivity index (χ1v) is 16.5. The van der Waals surface area contributed by atoms with E-state index in [1.165, 1.54) is 24.2 Å². The van der Waals surface area contributed by atoms with Crippen molar-refractivity contribution in [1.29, 1.82) is 0 Å². The molecule has 0 fully saturated rings.